The number of aliphatic hydroxyl groups excluding tert-OH is 1. The highest BCUT2D eigenvalue weighted by molar-refractivity contribution is 6.74. The standard InChI is InChI=1S/C19H36O5Si/c1-10-22-16(21)11-14(2)15(23-25(8,9)17(3,4)5)12-19(13-20)18(6,7)24-19/h15,20H,2,10-13H2,1,3-9H3/t15-,19+/m0/s1. The molecule has 1 aliphatic heterocycles. The molecular weight excluding hydrogens is 336 g/mol. The fourth-order valence-electron chi connectivity index (χ4n) is 2.65. The number of hydrogen-bond acceptors (Lipinski definition) is 5. The van der Waals surface area contributed by atoms with E-state index < -0.39 is 19.5 Å². The number of epoxide rings is 1. The molecule has 1 aliphatic rings. The number of hydrogen-bond donors (Lipinski definition) is 1. The lowest BCUT2D eigenvalue weighted by atomic mass is 9.88. The summed E-state index contributed by atoms with van der Waals surface area (Å²) in [5, 5.41) is 9.89. The van der Waals surface area contributed by atoms with Crippen LogP contribution in [0.25, 0.3) is 0 Å². The summed E-state index contributed by atoms with van der Waals surface area (Å²) in [5.41, 5.74) is -0.360. The van der Waals surface area contributed by atoms with E-state index in [-0.39, 0.29) is 30.1 Å². The fraction of sp³-hybridized carbons (Fsp3) is 0.842. The lowest BCUT2D eigenvalue weighted by Gasteiger charge is -2.40. The predicted molar refractivity (Wildman–Crippen MR) is 102 cm³/mol. The first-order valence-electron chi connectivity index (χ1n) is 9.03. The molecule has 1 rings (SSSR count). The summed E-state index contributed by atoms with van der Waals surface area (Å²) in [4.78, 5) is 11.9. The zero-order valence-corrected chi connectivity index (χ0v) is 18.2. The normalized spacial score (nSPS) is 23.9. The third kappa shape index (κ3) is 5.15. The van der Waals surface area contributed by atoms with Crippen molar-refractivity contribution in [3.8, 4) is 0 Å². The maximum Gasteiger partial charge on any atom is 0.309 e. The van der Waals surface area contributed by atoms with Gasteiger partial charge in [0.1, 0.15) is 5.60 Å². The predicted octanol–water partition coefficient (Wildman–Crippen LogP) is 3.82. The molecule has 6 heteroatoms. The molecule has 0 spiro atoms. The van der Waals surface area contributed by atoms with Crippen LogP contribution in [0.5, 0.6) is 0 Å². The minimum Gasteiger partial charge on any atom is -0.466 e. The monoisotopic (exact) mass is 372 g/mol. The van der Waals surface area contributed by atoms with Crippen molar-refractivity contribution < 1.29 is 23.8 Å². The Kier molecular flexibility index (Phi) is 6.71. The van der Waals surface area contributed by atoms with Crippen molar-refractivity contribution in [1.82, 2.24) is 0 Å². The highest BCUT2D eigenvalue weighted by Crippen LogP contribution is 2.52. The Morgan fingerprint density at radius 3 is 2.20 bits per heavy atom. The average Bonchev–Trinajstić information content (AvgIpc) is 2.98. The van der Waals surface area contributed by atoms with Crippen molar-refractivity contribution in [2.24, 2.45) is 0 Å². The van der Waals surface area contributed by atoms with Gasteiger partial charge in [0.15, 0.2) is 8.32 Å². The van der Waals surface area contributed by atoms with Gasteiger partial charge in [-0.05, 0) is 44.5 Å². The van der Waals surface area contributed by atoms with Crippen molar-refractivity contribution in [3.63, 3.8) is 0 Å². The molecule has 0 bridgehead atoms. The lowest BCUT2D eigenvalue weighted by molar-refractivity contribution is -0.142. The number of carbonyl (C=O) groups is 1. The van der Waals surface area contributed by atoms with Crippen LogP contribution >= 0.6 is 0 Å². The maximum atomic E-state index is 11.9. The first kappa shape index (κ1) is 22.3. The maximum absolute atomic E-state index is 11.9. The Balaban J connectivity index is 2.99. The Bertz CT molecular complexity index is 502. The van der Waals surface area contributed by atoms with Crippen LogP contribution < -0.4 is 0 Å². The summed E-state index contributed by atoms with van der Waals surface area (Å²) in [6.07, 6.45) is 0.260. The molecule has 0 amide bonds. The van der Waals surface area contributed by atoms with Gasteiger partial charge in [-0.3, -0.25) is 4.79 Å². The van der Waals surface area contributed by atoms with Gasteiger partial charge in [0.05, 0.1) is 31.3 Å². The van der Waals surface area contributed by atoms with Gasteiger partial charge in [-0.25, -0.2) is 0 Å². The third-order valence-corrected chi connectivity index (χ3v) is 10.1. The second kappa shape index (κ2) is 7.51. The molecule has 5 nitrogen and oxygen atoms in total. The molecule has 1 saturated heterocycles. The van der Waals surface area contributed by atoms with Gasteiger partial charge in [-0.1, -0.05) is 27.4 Å². The summed E-state index contributed by atoms with van der Waals surface area (Å²) in [7, 11) is -2.08. The Morgan fingerprint density at radius 1 is 1.32 bits per heavy atom. The Hall–Kier alpha value is -0.693. The zero-order valence-electron chi connectivity index (χ0n) is 17.2. The SMILES string of the molecule is C=C(CC(=O)OCC)[C@H](C[C@]1(CO)OC1(C)C)O[Si](C)(C)C(C)(C)C. The van der Waals surface area contributed by atoms with Crippen LogP contribution in [0.1, 0.15) is 54.4 Å². The van der Waals surface area contributed by atoms with Gasteiger partial charge in [-0.15, -0.1) is 0 Å². The summed E-state index contributed by atoms with van der Waals surface area (Å²) in [5.74, 6) is -0.301. The summed E-state index contributed by atoms with van der Waals surface area (Å²) >= 11 is 0. The molecule has 0 saturated carbocycles. The summed E-state index contributed by atoms with van der Waals surface area (Å²) in [6.45, 7) is 20.9. The fourth-order valence-corrected chi connectivity index (χ4v) is 3.96. The zero-order chi connectivity index (χ0) is 19.7. The van der Waals surface area contributed by atoms with E-state index >= 15 is 0 Å². The van der Waals surface area contributed by atoms with Crippen molar-refractivity contribution in [2.75, 3.05) is 13.2 Å². The number of carbonyl (C=O) groups excluding carboxylic acids is 1. The van der Waals surface area contributed by atoms with Crippen LogP contribution in [0.3, 0.4) is 0 Å². The van der Waals surface area contributed by atoms with E-state index in [9.17, 15) is 9.90 Å². The van der Waals surface area contributed by atoms with Crippen molar-refractivity contribution >= 4 is 14.3 Å². The van der Waals surface area contributed by atoms with Gasteiger partial charge < -0.3 is 19.0 Å². The quantitative estimate of drug-likeness (QED) is 0.288. The molecule has 0 aromatic rings. The molecular formula is C19H36O5Si. The number of esters is 1. The molecule has 1 N–H and O–H groups in total. The van der Waals surface area contributed by atoms with Gasteiger partial charge in [-0.2, -0.15) is 0 Å². The van der Waals surface area contributed by atoms with Crippen LogP contribution in [-0.4, -0.2) is 49.9 Å². The lowest BCUT2D eigenvalue weighted by Crippen LogP contribution is -2.46. The van der Waals surface area contributed by atoms with Crippen molar-refractivity contribution in [2.45, 2.75) is 89.8 Å². The molecule has 1 fully saturated rings. The Labute approximate surface area is 153 Å². The van der Waals surface area contributed by atoms with Crippen LogP contribution in [0.4, 0.5) is 0 Å². The molecule has 1 heterocycles. The molecule has 0 radical (unpaired) electrons. The number of aliphatic hydroxyl groups is 1. The second-order valence-electron chi connectivity index (χ2n) is 8.98. The molecule has 25 heavy (non-hydrogen) atoms. The highest BCUT2D eigenvalue weighted by atomic mass is 28.4. The summed E-state index contributed by atoms with van der Waals surface area (Å²) < 4.78 is 17.4. The minimum atomic E-state index is -2.08. The van der Waals surface area contributed by atoms with Crippen LogP contribution in [0.15, 0.2) is 12.2 Å². The van der Waals surface area contributed by atoms with Crippen molar-refractivity contribution in [1.29, 1.82) is 0 Å². The van der Waals surface area contributed by atoms with Crippen molar-refractivity contribution in [3.05, 3.63) is 12.2 Å². The van der Waals surface area contributed by atoms with Gasteiger partial charge >= 0.3 is 5.97 Å². The van der Waals surface area contributed by atoms with E-state index in [0.717, 1.165) is 0 Å². The van der Waals surface area contributed by atoms with Gasteiger partial charge in [0, 0.05) is 6.42 Å². The highest BCUT2D eigenvalue weighted by Gasteiger charge is 2.64. The van der Waals surface area contributed by atoms with Gasteiger partial charge in [0.2, 0.25) is 0 Å². The first-order valence-corrected chi connectivity index (χ1v) is 11.9. The topological polar surface area (TPSA) is 68.3 Å². The molecule has 0 unspecified atom stereocenters. The number of rotatable bonds is 9. The average molecular weight is 373 g/mol. The van der Waals surface area contributed by atoms with E-state index in [1.54, 1.807) is 6.92 Å². The van der Waals surface area contributed by atoms with Crippen LogP contribution in [0.2, 0.25) is 18.1 Å². The van der Waals surface area contributed by atoms with Crippen LogP contribution in [0, 0.1) is 0 Å². The van der Waals surface area contributed by atoms with Gasteiger partial charge in [0.25, 0.3) is 0 Å². The Morgan fingerprint density at radius 2 is 1.84 bits per heavy atom. The minimum absolute atomic E-state index is 0.0295. The number of ether oxygens (including phenoxy) is 2. The van der Waals surface area contributed by atoms with E-state index in [4.69, 9.17) is 13.9 Å². The van der Waals surface area contributed by atoms with E-state index in [2.05, 4.69) is 40.4 Å². The first-order chi connectivity index (χ1) is 11.2. The van der Waals surface area contributed by atoms with E-state index in [1.807, 2.05) is 13.8 Å². The smallest absolute Gasteiger partial charge is 0.309 e. The molecule has 0 aromatic carbocycles. The largest absolute Gasteiger partial charge is 0.466 e. The third-order valence-electron chi connectivity index (χ3n) is 5.65. The molecule has 0 aliphatic carbocycles. The molecule has 146 valence electrons. The van der Waals surface area contributed by atoms with E-state index in [0.29, 0.717) is 18.6 Å². The van der Waals surface area contributed by atoms with E-state index in [1.165, 1.54) is 0 Å². The molecule has 2 atom stereocenters. The van der Waals surface area contributed by atoms with Crippen LogP contribution in [-0.2, 0) is 18.7 Å². The summed E-state index contributed by atoms with van der Waals surface area (Å²) in [6, 6.07) is 0. The molecule has 0 aromatic heterocycles. The second-order valence-corrected chi connectivity index (χ2v) is 13.7.